The van der Waals surface area contributed by atoms with Crippen molar-refractivity contribution >= 4 is 11.8 Å². The second-order valence-corrected chi connectivity index (χ2v) is 6.55. The number of hydrogen-bond acceptors (Lipinski definition) is 5. The molecule has 3 rings (SSSR count). The predicted octanol–water partition coefficient (Wildman–Crippen LogP) is 3.01. The van der Waals surface area contributed by atoms with E-state index in [-0.39, 0.29) is 5.88 Å². The first-order chi connectivity index (χ1) is 9.78. The highest BCUT2D eigenvalue weighted by atomic mass is 32.2. The molecule has 1 N–H and O–H groups in total. The molecule has 1 aromatic heterocycles. The zero-order valence-electron chi connectivity index (χ0n) is 11.8. The van der Waals surface area contributed by atoms with Crippen molar-refractivity contribution in [1.82, 2.24) is 14.9 Å². The van der Waals surface area contributed by atoms with Gasteiger partial charge in [-0.1, -0.05) is 12.2 Å². The van der Waals surface area contributed by atoms with Crippen LogP contribution in [0.5, 0.6) is 5.88 Å². The molecule has 0 amide bonds. The van der Waals surface area contributed by atoms with E-state index in [1.165, 1.54) is 38.5 Å². The monoisotopic (exact) mass is 291 g/mol. The molecule has 1 aromatic rings. The number of hydrogen-bond donors (Lipinski definition) is 1. The van der Waals surface area contributed by atoms with Gasteiger partial charge in [-0.3, -0.25) is 9.88 Å². The molecule has 2 saturated heterocycles. The summed E-state index contributed by atoms with van der Waals surface area (Å²) < 4.78 is 0. The molecule has 2 aliphatic heterocycles. The highest BCUT2D eigenvalue weighted by Crippen LogP contribution is 2.41. The van der Waals surface area contributed by atoms with E-state index in [0.717, 1.165) is 22.4 Å². The van der Waals surface area contributed by atoms with Gasteiger partial charge in [0.05, 0.1) is 17.9 Å². The molecule has 3 atom stereocenters. The Morgan fingerprint density at radius 2 is 2.35 bits per heavy atom. The Balaban J connectivity index is 1.83. The first-order valence-electron chi connectivity index (χ1n) is 7.32. The van der Waals surface area contributed by atoms with Crippen LogP contribution in [0, 0.1) is 5.92 Å². The van der Waals surface area contributed by atoms with Crippen LogP contribution in [-0.2, 0) is 0 Å². The first-order valence-corrected chi connectivity index (χ1v) is 8.30. The number of nitrogens with zero attached hydrogens (tertiary/aromatic N) is 3. The molecule has 108 valence electrons. The van der Waals surface area contributed by atoms with Crippen molar-refractivity contribution in [2.45, 2.75) is 37.3 Å². The van der Waals surface area contributed by atoms with Crippen LogP contribution in [-0.4, -0.2) is 38.8 Å². The maximum absolute atomic E-state index is 9.61. The third-order valence-electron chi connectivity index (χ3n) is 4.23. The van der Waals surface area contributed by atoms with Crippen LogP contribution in [0.15, 0.2) is 23.4 Å². The van der Waals surface area contributed by atoms with Crippen LogP contribution in [0.2, 0.25) is 0 Å². The fourth-order valence-electron chi connectivity index (χ4n) is 3.20. The number of piperidine rings is 1. The summed E-state index contributed by atoms with van der Waals surface area (Å²) in [5.41, 5.74) is 1.05. The highest BCUT2D eigenvalue weighted by molar-refractivity contribution is 7.99. The first kappa shape index (κ1) is 13.9. The van der Waals surface area contributed by atoms with Crippen LogP contribution in [0.3, 0.4) is 0 Å². The minimum absolute atomic E-state index is 0.0202. The standard InChI is InChI=1S/C15H21N3OS/c1-2-3-8-20-15-14(16-9-13(19)17-15)12-5-4-11-6-7-18(12)10-11/h2-3,9,11-12H,4-8,10H2,1H3,(H,17,19)/b3-2+. The Morgan fingerprint density at radius 3 is 3.20 bits per heavy atom. The van der Waals surface area contributed by atoms with Crippen molar-refractivity contribution in [1.29, 1.82) is 0 Å². The SMILES string of the molecule is C/C=C/CSc1nc(O)cnc1C1CCC2CCN1C2. The van der Waals surface area contributed by atoms with Gasteiger partial charge in [0.1, 0.15) is 5.03 Å². The smallest absolute Gasteiger partial charge is 0.230 e. The lowest BCUT2D eigenvalue weighted by molar-refractivity contribution is 0.175. The van der Waals surface area contributed by atoms with Gasteiger partial charge < -0.3 is 5.11 Å². The van der Waals surface area contributed by atoms with Crippen LogP contribution >= 0.6 is 11.8 Å². The number of thioether (sulfide) groups is 1. The Bertz CT molecular complexity index is 506. The minimum atomic E-state index is 0.0202. The molecule has 2 fully saturated rings. The quantitative estimate of drug-likeness (QED) is 0.682. The van der Waals surface area contributed by atoms with Crippen molar-refractivity contribution in [2.75, 3.05) is 18.8 Å². The van der Waals surface area contributed by atoms with E-state index in [0.29, 0.717) is 6.04 Å². The highest BCUT2D eigenvalue weighted by Gasteiger charge is 2.36. The zero-order chi connectivity index (χ0) is 13.9. The van der Waals surface area contributed by atoms with E-state index < -0.39 is 0 Å². The molecule has 0 aromatic carbocycles. The summed E-state index contributed by atoms with van der Waals surface area (Å²) in [5.74, 6) is 1.78. The molecule has 0 radical (unpaired) electrons. The van der Waals surface area contributed by atoms with E-state index in [9.17, 15) is 5.11 Å². The van der Waals surface area contributed by atoms with Gasteiger partial charge in [0.15, 0.2) is 0 Å². The van der Waals surface area contributed by atoms with Gasteiger partial charge in [-0.05, 0) is 38.6 Å². The third kappa shape index (κ3) is 2.83. The van der Waals surface area contributed by atoms with Gasteiger partial charge in [0.25, 0.3) is 0 Å². The van der Waals surface area contributed by atoms with Gasteiger partial charge in [0.2, 0.25) is 5.88 Å². The Morgan fingerprint density at radius 1 is 1.45 bits per heavy atom. The lowest BCUT2D eigenvalue weighted by Gasteiger charge is -2.32. The van der Waals surface area contributed by atoms with E-state index in [2.05, 4.69) is 20.9 Å². The summed E-state index contributed by atoms with van der Waals surface area (Å²) >= 11 is 1.66. The van der Waals surface area contributed by atoms with Crippen molar-refractivity contribution in [3.05, 3.63) is 24.0 Å². The second-order valence-electron chi connectivity index (χ2n) is 5.54. The predicted molar refractivity (Wildman–Crippen MR) is 80.9 cm³/mol. The topological polar surface area (TPSA) is 49.3 Å². The van der Waals surface area contributed by atoms with Crippen molar-refractivity contribution in [3.8, 4) is 5.88 Å². The summed E-state index contributed by atoms with van der Waals surface area (Å²) in [4.78, 5) is 11.3. The van der Waals surface area contributed by atoms with Crippen LogP contribution < -0.4 is 0 Å². The van der Waals surface area contributed by atoms with Crippen molar-refractivity contribution in [3.63, 3.8) is 0 Å². The molecule has 2 aliphatic rings. The summed E-state index contributed by atoms with van der Waals surface area (Å²) in [5, 5.41) is 10.5. The molecule has 3 heterocycles. The minimum Gasteiger partial charge on any atom is -0.492 e. The molecule has 0 aliphatic carbocycles. The fraction of sp³-hybridized carbons (Fsp3) is 0.600. The van der Waals surface area contributed by atoms with Gasteiger partial charge in [-0.25, -0.2) is 4.98 Å². The summed E-state index contributed by atoms with van der Waals surface area (Å²) in [6.07, 6.45) is 9.41. The molecule has 20 heavy (non-hydrogen) atoms. The molecular weight excluding hydrogens is 270 g/mol. The fourth-order valence-corrected chi connectivity index (χ4v) is 4.14. The van der Waals surface area contributed by atoms with E-state index >= 15 is 0 Å². The lowest BCUT2D eigenvalue weighted by Crippen LogP contribution is -2.31. The number of aromatic nitrogens is 2. The molecule has 4 nitrogen and oxygen atoms in total. The summed E-state index contributed by atoms with van der Waals surface area (Å²) in [6, 6.07) is 0.384. The van der Waals surface area contributed by atoms with Crippen LogP contribution in [0.4, 0.5) is 0 Å². The van der Waals surface area contributed by atoms with Gasteiger partial charge in [-0.15, -0.1) is 11.8 Å². The Labute approximate surface area is 124 Å². The third-order valence-corrected chi connectivity index (χ3v) is 5.16. The number of fused-ring (bicyclic) bond motifs is 2. The van der Waals surface area contributed by atoms with Crippen LogP contribution in [0.25, 0.3) is 0 Å². The summed E-state index contributed by atoms with van der Waals surface area (Å²) in [6.45, 7) is 4.39. The summed E-state index contributed by atoms with van der Waals surface area (Å²) in [7, 11) is 0. The molecule has 0 saturated carbocycles. The molecule has 5 heteroatoms. The second kappa shape index (κ2) is 6.14. The molecule has 3 unspecified atom stereocenters. The van der Waals surface area contributed by atoms with E-state index in [1.807, 2.05) is 13.0 Å². The van der Waals surface area contributed by atoms with Gasteiger partial charge in [-0.2, -0.15) is 0 Å². The molecular formula is C15H21N3OS. The Hall–Kier alpha value is -1.07. The van der Waals surface area contributed by atoms with E-state index in [1.54, 1.807) is 11.8 Å². The van der Waals surface area contributed by atoms with Gasteiger partial charge >= 0.3 is 0 Å². The van der Waals surface area contributed by atoms with Gasteiger partial charge in [0, 0.05) is 12.3 Å². The maximum atomic E-state index is 9.61. The average molecular weight is 291 g/mol. The molecule has 0 spiro atoms. The van der Waals surface area contributed by atoms with Crippen molar-refractivity contribution in [2.24, 2.45) is 5.92 Å². The normalized spacial score (nSPS) is 29.1. The largest absolute Gasteiger partial charge is 0.492 e. The van der Waals surface area contributed by atoms with Crippen LogP contribution in [0.1, 0.15) is 37.9 Å². The maximum Gasteiger partial charge on any atom is 0.230 e. The lowest BCUT2D eigenvalue weighted by atomic mass is 9.95. The number of aromatic hydroxyl groups is 1. The zero-order valence-corrected chi connectivity index (χ0v) is 12.6. The Kier molecular flexibility index (Phi) is 4.27. The number of rotatable bonds is 4. The molecule has 2 bridgehead atoms. The number of allylic oxidation sites excluding steroid dienone is 1. The van der Waals surface area contributed by atoms with Crippen molar-refractivity contribution < 1.29 is 5.11 Å². The average Bonchev–Trinajstić information content (AvgIpc) is 2.82. The van der Waals surface area contributed by atoms with E-state index in [4.69, 9.17) is 0 Å².